The Labute approximate surface area is 115 Å². The molecule has 1 aliphatic rings. The average molecular weight is 276 g/mol. The lowest BCUT2D eigenvalue weighted by Gasteiger charge is -2.31. The van der Waals surface area contributed by atoms with E-state index in [1.807, 2.05) is 0 Å². The summed E-state index contributed by atoms with van der Waals surface area (Å²) in [6, 6.07) is 0. The molecule has 2 N–H and O–H groups in total. The van der Waals surface area contributed by atoms with E-state index in [0.717, 1.165) is 19.3 Å². The average Bonchev–Trinajstić information content (AvgIpc) is 3.10. The topological polar surface area (TPSA) is 105 Å². The van der Waals surface area contributed by atoms with Crippen molar-refractivity contribution < 1.29 is 14.4 Å². The molecule has 0 saturated heterocycles. The smallest absolute Gasteiger partial charge is 0.310 e. The molecule has 0 amide bonds. The zero-order chi connectivity index (χ0) is 14.0. The van der Waals surface area contributed by atoms with Crippen molar-refractivity contribution in [2.45, 2.75) is 38.5 Å². The quantitative estimate of drug-likeness (QED) is 0.885. The van der Waals surface area contributed by atoms with Gasteiger partial charge in [-0.25, -0.2) is 4.98 Å². The second-order valence-electron chi connectivity index (χ2n) is 5.27. The molecule has 7 nitrogen and oxygen atoms in total. The minimum absolute atomic E-state index is 0.288. The van der Waals surface area contributed by atoms with Gasteiger partial charge in [-0.15, -0.1) is 0 Å². The lowest BCUT2D eigenvalue weighted by atomic mass is 9.72. The van der Waals surface area contributed by atoms with Gasteiger partial charge in [0.2, 0.25) is 11.7 Å². The van der Waals surface area contributed by atoms with E-state index in [1.165, 1.54) is 0 Å². The summed E-state index contributed by atoms with van der Waals surface area (Å²) in [6.45, 7) is 0. The molecule has 3 rings (SSSR count). The van der Waals surface area contributed by atoms with Crippen LogP contribution in [0.1, 0.15) is 38.0 Å². The number of aliphatic carboxylic acids is 1. The molecule has 0 radical (unpaired) electrons. The van der Waals surface area contributed by atoms with E-state index >= 15 is 0 Å². The third-order valence-electron chi connectivity index (χ3n) is 3.93. The second-order valence-corrected chi connectivity index (χ2v) is 5.27. The highest BCUT2D eigenvalue weighted by molar-refractivity contribution is 5.75. The highest BCUT2D eigenvalue weighted by atomic mass is 16.5. The van der Waals surface area contributed by atoms with Crippen molar-refractivity contribution in [2.75, 3.05) is 0 Å². The van der Waals surface area contributed by atoms with E-state index in [2.05, 4.69) is 20.1 Å². The number of aromatic nitrogens is 4. The van der Waals surface area contributed by atoms with Crippen LogP contribution in [-0.2, 0) is 11.2 Å². The number of carbonyl (C=O) groups is 1. The van der Waals surface area contributed by atoms with E-state index in [4.69, 9.17) is 4.52 Å². The van der Waals surface area contributed by atoms with E-state index in [-0.39, 0.29) is 6.42 Å². The molecule has 2 aromatic rings. The maximum Gasteiger partial charge on any atom is 0.310 e. The number of hydrogen-bond acceptors (Lipinski definition) is 5. The highest BCUT2D eigenvalue weighted by Crippen LogP contribution is 2.39. The SMILES string of the molecule is O=C(O)C1(Cc2nc(-c3ncc[nH]3)no2)CCCCC1. The Morgan fingerprint density at radius 2 is 2.20 bits per heavy atom. The van der Waals surface area contributed by atoms with E-state index < -0.39 is 11.4 Å². The Bertz CT molecular complexity index is 585. The van der Waals surface area contributed by atoms with Crippen LogP contribution >= 0.6 is 0 Å². The van der Waals surface area contributed by atoms with Crippen LogP contribution in [-0.4, -0.2) is 31.2 Å². The Morgan fingerprint density at radius 3 is 2.85 bits per heavy atom. The molecule has 7 heteroatoms. The summed E-state index contributed by atoms with van der Waals surface area (Å²) < 4.78 is 5.18. The first kappa shape index (κ1) is 12.8. The summed E-state index contributed by atoms with van der Waals surface area (Å²) in [6.07, 6.45) is 7.86. The van der Waals surface area contributed by atoms with Crippen molar-refractivity contribution in [3.63, 3.8) is 0 Å². The minimum Gasteiger partial charge on any atom is -0.481 e. The monoisotopic (exact) mass is 276 g/mol. The summed E-state index contributed by atoms with van der Waals surface area (Å²) in [4.78, 5) is 22.8. The Balaban J connectivity index is 1.81. The lowest BCUT2D eigenvalue weighted by molar-refractivity contribution is -0.151. The molecule has 1 saturated carbocycles. The van der Waals surface area contributed by atoms with Crippen LogP contribution in [0.5, 0.6) is 0 Å². The molecular formula is C13H16N4O3. The molecule has 1 fully saturated rings. The number of hydrogen-bond donors (Lipinski definition) is 2. The van der Waals surface area contributed by atoms with Crippen molar-refractivity contribution in [3.8, 4) is 11.6 Å². The first-order valence-electron chi connectivity index (χ1n) is 6.75. The third kappa shape index (κ3) is 2.31. The molecule has 0 spiro atoms. The van der Waals surface area contributed by atoms with E-state index in [9.17, 15) is 9.90 Å². The van der Waals surface area contributed by atoms with Crippen LogP contribution in [0, 0.1) is 5.41 Å². The van der Waals surface area contributed by atoms with Gasteiger partial charge in [0.25, 0.3) is 0 Å². The standard InChI is InChI=1S/C13H16N4O3/c18-12(19)13(4-2-1-3-5-13)8-9-16-11(17-20-9)10-14-6-7-15-10/h6-7H,1-5,8H2,(H,14,15)(H,18,19). The molecular weight excluding hydrogens is 260 g/mol. The first-order valence-corrected chi connectivity index (χ1v) is 6.75. The fraction of sp³-hybridized carbons (Fsp3) is 0.538. The van der Waals surface area contributed by atoms with Crippen LogP contribution in [0.2, 0.25) is 0 Å². The van der Waals surface area contributed by atoms with Gasteiger partial charge in [-0.05, 0) is 12.8 Å². The van der Waals surface area contributed by atoms with Gasteiger partial charge in [0, 0.05) is 18.8 Å². The lowest BCUT2D eigenvalue weighted by Crippen LogP contribution is -2.35. The first-order chi connectivity index (χ1) is 9.70. The van der Waals surface area contributed by atoms with Crippen LogP contribution in [0.25, 0.3) is 11.6 Å². The molecule has 2 aromatic heterocycles. The van der Waals surface area contributed by atoms with Gasteiger partial charge in [-0.3, -0.25) is 4.79 Å². The van der Waals surface area contributed by atoms with Crippen molar-refractivity contribution >= 4 is 5.97 Å². The Morgan fingerprint density at radius 1 is 1.40 bits per heavy atom. The zero-order valence-corrected chi connectivity index (χ0v) is 11.0. The Kier molecular flexibility index (Phi) is 3.25. The minimum atomic E-state index is -0.769. The van der Waals surface area contributed by atoms with Gasteiger partial charge in [0.05, 0.1) is 5.41 Å². The summed E-state index contributed by atoms with van der Waals surface area (Å²) >= 11 is 0. The summed E-state index contributed by atoms with van der Waals surface area (Å²) in [7, 11) is 0. The Hall–Kier alpha value is -2.18. The van der Waals surface area contributed by atoms with Gasteiger partial charge in [0.15, 0.2) is 5.82 Å². The molecule has 106 valence electrons. The van der Waals surface area contributed by atoms with Gasteiger partial charge >= 0.3 is 5.97 Å². The number of carboxylic acids is 1. The predicted molar refractivity (Wildman–Crippen MR) is 68.7 cm³/mol. The number of nitrogens with zero attached hydrogens (tertiary/aromatic N) is 3. The van der Waals surface area contributed by atoms with Crippen molar-refractivity contribution in [2.24, 2.45) is 5.41 Å². The summed E-state index contributed by atoms with van der Waals surface area (Å²) in [5.74, 6) is 0.477. The van der Waals surface area contributed by atoms with Gasteiger partial charge in [0.1, 0.15) is 0 Å². The second kappa shape index (κ2) is 5.07. The van der Waals surface area contributed by atoms with Crippen molar-refractivity contribution in [1.82, 2.24) is 20.1 Å². The zero-order valence-electron chi connectivity index (χ0n) is 11.0. The normalized spacial score (nSPS) is 18.0. The molecule has 0 aliphatic heterocycles. The molecule has 0 atom stereocenters. The molecule has 1 aliphatic carbocycles. The van der Waals surface area contributed by atoms with Gasteiger partial charge < -0.3 is 14.6 Å². The predicted octanol–water partition coefficient (Wildman–Crippen LogP) is 2.04. The number of rotatable bonds is 4. The molecule has 20 heavy (non-hydrogen) atoms. The number of imidazole rings is 1. The maximum absolute atomic E-state index is 11.6. The maximum atomic E-state index is 11.6. The summed E-state index contributed by atoms with van der Waals surface area (Å²) in [5, 5.41) is 13.4. The molecule has 0 unspecified atom stereocenters. The molecule has 0 bridgehead atoms. The van der Waals surface area contributed by atoms with Crippen molar-refractivity contribution in [3.05, 3.63) is 18.3 Å². The fourth-order valence-electron chi connectivity index (χ4n) is 2.79. The van der Waals surface area contributed by atoms with E-state index in [0.29, 0.717) is 30.4 Å². The van der Waals surface area contributed by atoms with Gasteiger partial charge in [-0.1, -0.05) is 24.4 Å². The number of carboxylic acid groups (broad SMARTS) is 1. The molecule has 2 heterocycles. The summed E-state index contributed by atoms with van der Waals surface area (Å²) in [5.41, 5.74) is -0.759. The van der Waals surface area contributed by atoms with Crippen molar-refractivity contribution in [1.29, 1.82) is 0 Å². The number of nitrogens with one attached hydrogen (secondary N) is 1. The van der Waals surface area contributed by atoms with Crippen LogP contribution in [0.4, 0.5) is 0 Å². The highest BCUT2D eigenvalue weighted by Gasteiger charge is 2.41. The third-order valence-corrected chi connectivity index (χ3v) is 3.93. The van der Waals surface area contributed by atoms with Crippen LogP contribution in [0.3, 0.4) is 0 Å². The van der Waals surface area contributed by atoms with E-state index in [1.54, 1.807) is 12.4 Å². The largest absolute Gasteiger partial charge is 0.481 e. The number of H-pyrrole nitrogens is 1. The van der Waals surface area contributed by atoms with Gasteiger partial charge in [-0.2, -0.15) is 4.98 Å². The van der Waals surface area contributed by atoms with Crippen LogP contribution < -0.4 is 0 Å². The fourth-order valence-corrected chi connectivity index (χ4v) is 2.79. The van der Waals surface area contributed by atoms with Crippen LogP contribution in [0.15, 0.2) is 16.9 Å². The number of aromatic amines is 1. The molecule has 0 aromatic carbocycles.